The lowest BCUT2D eigenvalue weighted by atomic mass is 10.2. The minimum atomic E-state index is 0.251. The smallest absolute Gasteiger partial charge is 0.204 e. The molecule has 0 spiro atoms. The topological polar surface area (TPSA) is 53.5 Å². The Kier molecular flexibility index (Phi) is 5.17. The van der Waals surface area contributed by atoms with Crippen LogP contribution in [0.15, 0.2) is 30.6 Å². The predicted molar refractivity (Wildman–Crippen MR) is 78.5 cm³/mol. The summed E-state index contributed by atoms with van der Waals surface area (Å²) in [5.74, 6) is 2.39. The van der Waals surface area contributed by atoms with Crippen molar-refractivity contribution in [1.29, 1.82) is 0 Å². The van der Waals surface area contributed by atoms with Crippen molar-refractivity contribution in [2.24, 2.45) is 0 Å². The molecule has 2 rings (SSSR count). The van der Waals surface area contributed by atoms with Gasteiger partial charge in [0.25, 0.3) is 0 Å². The molecule has 0 unspecified atom stereocenters. The maximum atomic E-state index is 5.75. The van der Waals surface area contributed by atoms with Crippen LogP contribution in [0, 0.1) is 0 Å². The molecule has 0 saturated heterocycles. The number of hydrogen-bond acceptors (Lipinski definition) is 5. The number of methoxy groups -OCH3 is 2. The second-order valence-corrected chi connectivity index (χ2v) is 4.48. The molecule has 0 amide bonds. The molecular formula is C14H15BrN2O3. The quantitative estimate of drug-likeness (QED) is 0.758. The number of nitrogens with zero attached hydrogens (tertiary/aromatic N) is 2. The lowest BCUT2D eigenvalue weighted by Gasteiger charge is -2.15. The van der Waals surface area contributed by atoms with Crippen molar-refractivity contribution < 1.29 is 14.2 Å². The molecule has 106 valence electrons. The molecule has 1 aromatic carbocycles. The number of ether oxygens (including phenoxy) is 3. The normalized spacial score (nSPS) is 10.2. The molecule has 0 aliphatic heterocycles. The Bertz CT molecular complexity index is 539. The molecule has 2 aromatic rings. The van der Waals surface area contributed by atoms with Crippen molar-refractivity contribution in [3.8, 4) is 17.2 Å². The first-order valence-corrected chi connectivity index (χ1v) is 7.10. The van der Waals surface area contributed by atoms with Crippen LogP contribution in [0.25, 0.3) is 0 Å². The molecule has 0 radical (unpaired) electrons. The Labute approximate surface area is 126 Å². The first-order chi connectivity index (χ1) is 9.78. The van der Waals surface area contributed by atoms with Gasteiger partial charge in [-0.3, -0.25) is 0 Å². The van der Waals surface area contributed by atoms with Gasteiger partial charge in [0, 0.05) is 17.7 Å². The highest BCUT2D eigenvalue weighted by molar-refractivity contribution is 9.08. The summed E-state index contributed by atoms with van der Waals surface area (Å²) in [4.78, 5) is 8.23. The molecule has 0 bridgehead atoms. The van der Waals surface area contributed by atoms with Gasteiger partial charge in [-0.05, 0) is 23.8 Å². The average molecular weight is 339 g/mol. The molecule has 0 fully saturated rings. The van der Waals surface area contributed by atoms with E-state index in [1.165, 1.54) is 0 Å². The van der Waals surface area contributed by atoms with E-state index in [-0.39, 0.29) is 6.61 Å². The van der Waals surface area contributed by atoms with Crippen LogP contribution in [0.2, 0.25) is 0 Å². The summed E-state index contributed by atoms with van der Waals surface area (Å²) in [6.45, 7) is 0.251. The van der Waals surface area contributed by atoms with Crippen LogP contribution in [-0.4, -0.2) is 24.2 Å². The Morgan fingerprint density at radius 2 is 1.65 bits per heavy atom. The van der Waals surface area contributed by atoms with Crippen LogP contribution in [0.5, 0.6) is 17.2 Å². The van der Waals surface area contributed by atoms with Crippen molar-refractivity contribution in [3.63, 3.8) is 0 Å². The zero-order valence-electron chi connectivity index (χ0n) is 11.3. The summed E-state index contributed by atoms with van der Waals surface area (Å²) in [5.41, 5.74) is 1.04. The molecule has 0 saturated carbocycles. The molecule has 20 heavy (non-hydrogen) atoms. The van der Waals surface area contributed by atoms with Crippen LogP contribution >= 0.6 is 15.9 Å². The third-order valence-corrected chi connectivity index (χ3v) is 3.29. The lowest BCUT2D eigenvalue weighted by molar-refractivity contribution is 0.259. The summed E-state index contributed by atoms with van der Waals surface area (Å²) in [7, 11) is 3.19. The number of hydrogen-bond donors (Lipinski definition) is 0. The zero-order chi connectivity index (χ0) is 14.4. The van der Waals surface area contributed by atoms with Crippen molar-refractivity contribution in [1.82, 2.24) is 9.97 Å². The monoisotopic (exact) mass is 338 g/mol. The first-order valence-electron chi connectivity index (χ1n) is 5.98. The minimum absolute atomic E-state index is 0.251. The predicted octanol–water partition coefficient (Wildman–Crippen LogP) is 2.97. The van der Waals surface area contributed by atoms with Crippen molar-refractivity contribution in [3.05, 3.63) is 42.0 Å². The number of aromatic nitrogens is 2. The van der Waals surface area contributed by atoms with E-state index >= 15 is 0 Å². The Morgan fingerprint density at radius 3 is 2.15 bits per heavy atom. The molecule has 0 aliphatic carbocycles. The first kappa shape index (κ1) is 14.6. The van der Waals surface area contributed by atoms with E-state index in [4.69, 9.17) is 14.2 Å². The summed E-state index contributed by atoms with van der Waals surface area (Å²) in [6, 6.07) is 5.56. The molecule has 0 N–H and O–H groups in total. The average Bonchev–Trinajstić information content (AvgIpc) is 2.52. The van der Waals surface area contributed by atoms with Gasteiger partial charge in [-0.25, -0.2) is 9.97 Å². The van der Waals surface area contributed by atoms with Gasteiger partial charge in [-0.15, -0.1) is 0 Å². The second kappa shape index (κ2) is 7.09. The number of halogens is 1. The fourth-order valence-electron chi connectivity index (χ4n) is 1.69. The Hall–Kier alpha value is -1.82. The fraction of sp³-hybridized carbons (Fsp3) is 0.286. The minimum Gasteiger partial charge on any atom is -0.493 e. The maximum absolute atomic E-state index is 5.75. The third-order valence-electron chi connectivity index (χ3n) is 2.64. The Morgan fingerprint density at radius 1 is 1.05 bits per heavy atom. The summed E-state index contributed by atoms with van der Waals surface area (Å²) >= 11 is 3.41. The fourth-order valence-corrected chi connectivity index (χ4v) is 2.02. The molecular weight excluding hydrogens is 324 g/mol. The van der Waals surface area contributed by atoms with E-state index in [1.54, 1.807) is 32.7 Å². The van der Waals surface area contributed by atoms with Crippen LogP contribution in [0.1, 0.15) is 11.4 Å². The van der Waals surface area contributed by atoms with Crippen LogP contribution < -0.4 is 14.2 Å². The second-order valence-electron chi connectivity index (χ2n) is 3.92. The maximum Gasteiger partial charge on any atom is 0.204 e. The SMILES string of the molecule is COc1cc(CBr)cc(OC)c1OCc1ncccn1. The largest absolute Gasteiger partial charge is 0.493 e. The summed E-state index contributed by atoms with van der Waals surface area (Å²) in [5, 5.41) is 0.710. The van der Waals surface area contributed by atoms with Gasteiger partial charge in [0.2, 0.25) is 5.75 Å². The van der Waals surface area contributed by atoms with E-state index in [2.05, 4.69) is 25.9 Å². The van der Waals surface area contributed by atoms with Gasteiger partial charge in [0.05, 0.1) is 14.2 Å². The van der Waals surface area contributed by atoms with Gasteiger partial charge in [0.15, 0.2) is 17.3 Å². The van der Waals surface area contributed by atoms with Gasteiger partial charge in [-0.2, -0.15) is 0 Å². The van der Waals surface area contributed by atoms with Crippen LogP contribution in [0.4, 0.5) is 0 Å². The highest BCUT2D eigenvalue weighted by Gasteiger charge is 2.14. The van der Waals surface area contributed by atoms with Gasteiger partial charge in [0.1, 0.15) is 6.61 Å². The summed E-state index contributed by atoms with van der Waals surface area (Å²) < 4.78 is 16.4. The third kappa shape index (κ3) is 3.39. The van der Waals surface area contributed by atoms with Gasteiger partial charge < -0.3 is 14.2 Å². The summed E-state index contributed by atoms with van der Waals surface area (Å²) in [6.07, 6.45) is 3.35. The zero-order valence-corrected chi connectivity index (χ0v) is 12.9. The highest BCUT2D eigenvalue weighted by Crippen LogP contribution is 2.39. The van der Waals surface area contributed by atoms with Crippen molar-refractivity contribution >= 4 is 15.9 Å². The van der Waals surface area contributed by atoms with E-state index in [9.17, 15) is 0 Å². The molecule has 1 heterocycles. The van der Waals surface area contributed by atoms with E-state index in [0.29, 0.717) is 28.4 Å². The van der Waals surface area contributed by atoms with Gasteiger partial charge >= 0.3 is 0 Å². The number of rotatable bonds is 6. The molecule has 1 aromatic heterocycles. The van der Waals surface area contributed by atoms with Crippen molar-refractivity contribution in [2.45, 2.75) is 11.9 Å². The lowest BCUT2D eigenvalue weighted by Crippen LogP contribution is -2.03. The molecule has 0 atom stereocenters. The van der Waals surface area contributed by atoms with E-state index < -0.39 is 0 Å². The van der Waals surface area contributed by atoms with Crippen LogP contribution in [-0.2, 0) is 11.9 Å². The number of benzene rings is 1. The van der Waals surface area contributed by atoms with Crippen LogP contribution in [0.3, 0.4) is 0 Å². The molecule has 6 heteroatoms. The Balaban J connectivity index is 2.25. The number of alkyl halides is 1. The van der Waals surface area contributed by atoms with Gasteiger partial charge in [-0.1, -0.05) is 15.9 Å². The molecule has 0 aliphatic rings. The molecule has 5 nitrogen and oxygen atoms in total. The van der Waals surface area contributed by atoms with E-state index in [0.717, 1.165) is 5.56 Å². The van der Waals surface area contributed by atoms with E-state index in [1.807, 2.05) is 12.1 Å². The van der Waals surface area contributed by atoms with Crippen molar-refractivity contribution in [2.75, 3.05) is 14.2 Å². The standard InChI is InChI=1S/C14H15BrN2O3/c1-18-11-6-10(8-15)7-12(19-2)14(11)20-9-13-16-4-3-5-17-13/h3-7H,8-9H2,1-2H3. The highest BCUT2D eigenvalue weighted by atomic mass is 79.9.